The van der Waals surface area contributed by atoms with E-state index in [-0.39, 0.29) is 24.3 Å². The Morgan fingerprint density at radius 2 is 1.74 bits per heavy atom. The van der Waals surface area contributed by atoms with Gasteiger partial charge < -0.3 is 24.1 Å². The highest BCUT2D eigenvalue weighted by atomic mass is 16.5. The summed E-state index contributed by atoms with van der Waals surface area (Å²) >= 11 is 0. The molecule has 43 heavy (non-hydrogen) atoms. The van der Waals surface area contributed by atoms with Gasteiger partial charge in [0.15, 0.2) is 0 Å². The Morgan fingerprint density at radius 1 is 1.00 bits per heavy atom. The lowest BCUT2D eigenvalue weighted by atomic mass is 9.82. The van der Waals surface area contributed by atoms with Crippen molar-refractivity contribution in [2.45, 2.75) is 65.0 Å². The molecule has 0 bridgehead atoms. The number of fused-ring (bicyclic) bond motifs is 1. The van der Waals surface area contributed by atoms with Crippen molar-refractivity contribution in [1.29, 1.82) is 0 Å². The maximum Gasteiger partial charge on any atom is 0.307 e. The van der Waals surface area contributed by atoms with Crippen LogP contribution in [-0.2, 0) is 16.1 Å². The van der Waals surface area contributed by atoms with Gasteiger partial charge >= 0.3 is 5.97 Å². The Bertz CT molecular complexity index is 1510. The first-order chi connectivity index (χ1) is 20.9. The SMILES string of the molecule is CCOC(=O)CCN(C)C(=O)c1ccc(NC(c2oc3ccc(OCc4ccccc4)cc3c2C)C2CCCCC2)cc1. The first-order valence-electron chi connectivity index (χ1n) is 15.4. The van der Waals surface area contributed by atoms with E-state index in [0.717, 1.165) is 52.1 Å². The van der Waals surface area contributed by atoms with Crippen molar-refractivity contribution in [3.05, 3.63) is 95.2 Å². The lowest BCUT2D eigenvalue weighted by molar-refractivity contribution is -0.143. The minimum absolute atomic E-state index is 0.00944. The van der Waals surface area contributed by atoms with Crippen LogP contribution in [0.1, 0.15) is 78.7 Å². The van der Waals surface area contributed by atoms with E-state index in [1.165, 1.54) is 19.3 Å². The number of nitrogens with zero attached hydrogens (tertiary/aromatic N) is 1. The highest BCUT2D eigenvalue weighted by Gasteiger charge is 2.30. The summed E-state index contributed by atoms with van der Waals surface area (Å²) in [5, 5.41) is 4.83. The molecule has 0 saturated heterocycles. The molecule has 3 aromatic carbocycles. The third-order valence-corrected chi connectivity index (χ3v) is 8.35. The number of hydrogen-bond acceptors (Lipinski definition) is 6. The van der Waals surface area contributed by atoms with Crippen LogP contribution in [0.15, 0.2) is 77.2 Å². The molecule has 7 nitrogen and oxygen atoms in total. The number of carbonyl (C=O) groups is 2. The predicted molar refractivity (Wildman–Crippen MR) is 169 cm³/mol. The maximum atomic E-state index is 12.9. The fourth-order valence-electron chi connectivity index (χ4n) is 5.91. The van der Waals surface area contributed by atoms with Crippen LogP contribution in [0.2, 0.25) is 0 Å². The zero-order chi connectivity index (χ0) is 30.2. The van der Waals surface area contributed by atoms with Crippen molar-refractivity contribution in [3.63, 3.8) is 0 Å². The van der Waals surface area contributed by atoms with Crippen molar-refractivity contribution >= 4 is 28.5 Å². The second kappa shape index (κ2) is 14.3. The Labute approximate surface area is 254 Å². The van der Waals surface area contributed by atoms with Gasteiger partial charge in [-0.1, -0.05) is 49.6 Å². The van der Waals surface area contributed by atoms with Gasteiger partial charge in [0.25, 0.3) is 5.91 Å². The normalized spacial score (nSPS) is 14.3. The van der Waals surface area contributed by atoms with E-state index in [4.69, 9.17) is 13.9 Å². The first kappa shape index (κ1) is 30.2. The van der Waals surface area contributed by atoms with Gasteiger partial charge in [-0.25, -0.2) is 0 Å². The molecule has 1 unspecified atom stereocenters. The third kappa shape index (κ3) is 7.58. The zero-order valence-electron chi connectivity index (χ0n) is 25.4. The number of rotatable bonds is 12. The molecule has 226 valence electrons. The molecule has 1 heterocycles. The Balaban J connectivity index is 1.32. The highest BCUT2D eigenvalue weighted by molar-refractivity contribution is 5.94. The molecule has 1 aromatic heterocycles. The second-order valence-corrected chi connectivity index (χ2v) is 11.4. The number of benzene rings is 3. The molecule has 1 N–H and O–H groups in total. The average molecular weight is 583 g/mol. The molecule has 4 aromatic rings. The molecule has 0 spiro atoms. The molecular formula is C36H42N2O5. The quantitative estimate of drug-likeness (QED) is 0.170. The van der Waals surface area contributed by atoms with Gasteiger partial charge in [0.2, 0.25) is 0 Å². The number of amides is 1. The van der Waals surface area contributed by atoms with Crippen LogP contribution in [0.25, 0.3) is 11.0 Å². The number of esters is 1. The van der Waals surface area contributed by atoms with Crippen molar-refractivity contribution < 1.29 is 23.5 Å². The van der Waals surface area contributed by atoms with Gasteiger partial charge in [0.1, 0.15) is 23.7 Å². The van der Waals surface area contributed by atoms with Crippen LogP contribution in [-0.4, -0.2) is 37.0 Å². The number of aryl methyl sites for hydroxylation is 1. The smallest absolute Gasteiger partial charge is 0.307 e. The summed E-state index contributed by atoms with van der Waals surface area (Å²) < 4.78 is 17.6. The number of ether oxygens (including phenoxy) is 2. The van der Waals surface area contributed by atoms with Gasteiger partial charge in [-0.3, -0.25) is 9.59 Å². The Morgan fingerprint density at radius 3 is 2.47 bits per heavy atom. The van der Waals surface area contributed by atoms with Crippen LogP contribution in [0.5, 0.6) is 5.75 Å². The minimum atomic E-state index is -0.299. The van der Waals surface area contributed by atoms with Crippen molar-refractivity contribution in [1.82, 2.24) is 4.90 Å². The summed E-state index contributed by atoms with van der Waals surface area (Å²) in [7, 11) is 1.70. The molecule has 1 fully saturated rings. The molecular weight excluding hydrogens is 540 g/mol. The predicted octanol–water partition coefficient (Wildman–Crippen LogP) is 8.08. The van der Waals surface area contributed by atoms with Crippen LogP contribution in [0.4, 0.5) is 5.69 Å². The first-order valence-corrected chi connectivity index (χ1v) is 15.4. The number of hydrogen-bond donors (Lipinski definition) is 1. The average Bonchev–Trinajstić information content (AvgIpc) is 3.37. The maximum absolute atomic E-state index is 12.9. The molecule has 1 saturated carbocycles. The van der Waals surface area contributed by atoms with E-state index in [1.54, 1.807) is 18.9 Å². The fourth-order valence-corrected chi connectivity index (χ4v) is 5.91. The Kier molecular flexibility index (Phi) is 10.0. The van der Waals surface area contributed by atoms with Gasteiger partial charge in [0, 0.05) is 35.8 Å². The zero-order valence-corrected chi connectivity index (χ0v) is 25.4. The van der Waals surface area contributed by atoms with Gasteiger partial charge in [-0.15, -0.1) is 0 Å². The van der Waals surface area contributed by atoms with E-state index in [0.29, 0.717) is 31.2 Å². The van der Waals surface area contributed by atoms with Crippen LogP contribution in [0, 0.1) is 12.8 Å². The summed E-state index contributed by atoms with van der Waals surface area (Å²) in [6.07, 6.45) is 6.15. The van der Waals surface area contributed by atoms with Crippen molar-refractivity contribution in [2.75, 3.05) is 25.5 Å². The molecule has 1 amide bonds. The lowest BCUT2D eigenvalue weighted by Gasteiger charge is -2.31. The fraction of sp³-hybridized carbons (Fsp3) is 0.389. The topological polar surface area (TPSA) is 81.0 Å². The standard InChI is InChI=1S/C36H42N2O5/c1-4-41-33(39)21-22-38(3)36(40)28-15-17-29(18-16-28)37-34(27-13-9-6-10-14-27)35-25(2)31-23-30(19-20-32(31)43-35)42-24-26-11-7-5-8-12-26/h5,7-8,11-12,15-20,23,27,34,37H,4,6,9-10,13-14,21-22,24H2,1-3H3. The molecule has 5 rings (SSSR count). The van der Waals surface area contributed by atoms with Gasteiger partial charge in [0.05, 0.1) is 19.1 Å². The summed E-state index contributed by atoms with van der Waals surface area (Å²) in [6, 6.07) is 23.8. The summed E-state index contributed by atoms with van der Waals surface area (Å²) in [5.74, 6) is 1.80. The largest absolute Gasteiger partial charge is 0.489 e. The highest BCUT2D eigenvalue weighted by Crippen LogP contribution is 2.41. The van der Waals surface area contributed by atoms with E-state index in [2.05, 4.69) is 30.4 Å². The number of nitrogens with one attached hydrogen (secondary N) is 1. The molecule has 1 aliphatic rings. The van der Waals surface area contributed by atoms with E-state index < -0.39 is 0 Å². The van der Waals surface area contributed by atoms with E-state index >= 15 is 0 Å². The van der Waals surface area contributed by atoms with E-state index in [9.17, 15) is 9.59 Å². The number of carbonyl (C=O) groups excluding carboxylic acids is 2. The summed E-state index contributed by atoms with van der Waals surface area (Å²) in [4.78, 5) is 26.2. The third-order valence-electron chi connectivity index (χ3n) is 8.35. The summed E-state index contributed by atoms with van der Waals surface area (Å²) in [6.45, 7) is 5.07. The Hall–Kier alpha value is -4.26. The van der Waals surface area contributed by atoms with Crippen LogP contribution >= 0.6 is 0 Å². The molecule has 1 atom stereocenters. The second-order valence-electron chi connectivity index (χ2n) is 11.4. The van der Waals surface area contributed by atoms with Crippen molar-refractivity contribution in [3.8, 4) is 5.75 Å². The summed E-state index contributed by atoms with van der Waals surface area (Å²) in [5.41, 5.74) is 4.62. The molecule has 7 heteroatoms. The van der Waals surface area contributed by atoms with Gasteiger partial charge in [-0.05, 0) is 80.6 Å². The van der Waals surface area contributed by atoms with Gasteiger partial charge in [-0.2, -0.15) is 0 Å². The van der Waals surface area contributed by atoms with E-state index in [1.807, 2.05) is 54.6 Å². The molecule has 1 aliphatic carbocycles. The minimum Gasteiger partial charge on any atom is -0.489 e. The van der Waals surface area contributed by atoms with Crippen molar-refractivity contribution in [2.24, 2.45) is 5.92 Å². The number of furan rings is 1. The molecule has 0 aliphatic heterocycles. The van der Waals surface area contributed by atoms with Crippen LogP contribution < -0.4 is 10.1 Å². The monoisotopic (exact) mass is 582 g/mol. The number of anilines is 1. The molecule has 0 radical (unpaired) electrons. The lowest BCUT2D eigenvalue weighted by Crippen LogP contribution is -2.29. The van der Waals surface area contributed by atoms with Crippen LogP contribution in [0.3, 0.4) is 0 Å².